The Kier molecular flexibility index (Phi) is 12.7. The summed E-state index contributed by atoms with van der Waals surface area (Å²) < 4.78 is 41.3. The number of ether oxygens (including phenoxy) is 2. The highest BCUT2D eigenvalue weighted by atomic mass is 32.2. The van der Waals surface area contributed by atoms with E-state index in [9.17, 15) is 18.0 Å². The number of rotatable bonds is 11. The van der Waals surface area contributed by atoms with Crippen molar-refractivity contribution in [1.29, 1.82) is 0 Å². The molecule has 66 heavy (non-hydrogen) atoms. The van der Waals surface area contributed by atoms with E-state index in [1.54, 1.807) is 18.9 Å². The molecule has 0 radical (unpaired) electrons. The zero-order chi connectivity index (χ0) is 46.1. The van der Waals surface area contributed by atoms with Gasteiger partial charge in [-0.3, -0.25) is 19.6 Å². The highest BCUT2D eigenvalue weighted by Crippen LogP contribution is 2.33. The van der Waals surface area contributed by atoms with E-state index in [1.165, 1.54) is 10.6 Å². The lowest BCUT2D eigenvalue weighted by Gasteiger charge is -2.34. The zero-order valence-corrected chi connectivity index (χ0v) is 38.7. The number of sulfonamides is 1. The van der Waals surface area contributed by atoms with E-state index in [4.69, 9.17) is 19.4 Å². The van der Waals surface area contributed by atoms with Gasteiger partial charge in [-0.25, -0.2) is 28.4 Å². The van der Waals surface area contributed by atoms with Crippen LogP contribution in [0.1, 0.15) is 26.7 Å². The molecule has 20 nitrogen and oxygen atoms in total. The van der Waals surface area contributed by atoms with Crippen molar-refractivity contribution in [2.75, 3.05) is 81.5 Å². The van der Waals surface area contributed by atoms with E-state index in [0.29, 0.717) is 75.3 Å². The molecule has 0 bridgehead atoms. The van der Waals surface area contributed by atoms with Crippen LogP contribution in [0.15, 0.2) is 61.4 Å². The van der Waals surface area contributed by atoms with Crippen LogP contribution in [0.25, 0.3) is 44.8 Å². The van der Waals surface area contributed by atoms with E-state index < -0.39 is 10.0 Å². The molecule has 6 aromatic heterocycles. The predicted octanol–water partition coefficient (Wildman–Crippen LogP) is 2.36. The van der Waals surface area contributed by atoms with Crippen molar-refractivity contribution in [3.63, 3.8) is 0 Å². The average molecular weight is 921 g/mol. The fourth-order valence-corrected chi connectivity index (χ4v) is 9.64. The second kappa shape index (κ2) is 18.8. The molecule has 4 atom stereocenters. The maximum absolute atomic E-state index is 11.8. The number of aromatic nitrogens is 8. The Morgan fingerprint density at radius 2 is 1.09 bits per heavy atom. The van der Waals surface area contributed by atoms with E-state index >= 15 is 0 Å². The van der Waals surface area contributed by atoms with Gasteiger partial charge in [-0.1, -0.05) is 0 Å². The van der Waals surface area contributed by atoms with Crippen LogP contribution < -0.4 is 35.2 Å². The first kappa shape index (κ1) is 44.7. The summed E-state index contributed by atoms with van der Waals surface area (Å²) in [6, 6.07) is 11.8. The molecule has 4 fully saturated rings. The number of carbonyl (C=O) groups is 2. The normalized spacial score (nSPS) is 20.2. The number of anilines is 2. The van der Waals surface area contributed by atoms with Gasteiger partial charge in [0.15, 0.2) is 0 Å². The molecule has 4 aliphatic heterocycles. The Labute approximate surface area is 383 Å². The minimum absolute atomic E-state index is 0.0415. The van der Waals surface area contributed by atoms with E-state index in [-0.39, 0.29) is 35.9 Å². The number of fused-ring (bicyclic) bond motifs is 2. The fourth-order valence-electron chi connectivity index (χ4n) is 8.82. The topological polar surface area (TPSA) is 220 Å². The fraction of sp³-hybridized carbons (Fsp3) is 0.467. The van der Waals surface area contributed by atoms with Crippen molar-refractivity contribution in [2.24, 2.45) is 25.9 Å². The number of carbonyl (C=O) groups excluding carboxylic acids is 2. The van der Waals surface area contributed by atoms with Gasteiger partial charge in [-0.05, 0) is 50.2 Å². The Hall–Kier alpha value is -6.45. The molecule has 0 aliphatic carbocycles. The van der Waals surface area contributed by atoms with Crippen LogP contribution in [0.5, 0.6) is 11.8 Å². The van der Waals surface area contributed by atoms with Crippen LogP contribution in [0.2, 0.25) is 0 Å². The van der Waals surface area contributed by atoms with Crippen molar-refractivity contribution in [1.82, 2.24) is 59.3 Å². The molecular formula is C45H56N14O6S. The van der Waals surface area contributed by atoms with Crippen LogP contribution in [0.3, 0.4) is 0 Å². The monoisotopic (exact) mass is 920 g/mol. The number of piperazine rings is 2. The van der Waals surface area contributed by atoms with Crippen molar-refractivity contribution in [2.45, 2.75) is 38.9 Å². The molecule has 3 N–H and O–H groups in total. The highest BCUT2D eigenvalue weighted by Gasteiger charge is 2.31. The van der Waals surface area contributed by atoms with E-state index in [1.807, 2.05) is 73.6 Å². The molecule has 10 heterocycles. The second-order valence-corrected chi connectivity index (χ2v) is 19.4. The molecule has 21 heteroatoms. The molecule has 0 saturated carbocycles. The number of amides is 2. The summed E-state index contributed by atoms with van der Waals surface area (Å²) in [5.74, 6) is 1.30. The lowest BCUT2D eigenvalue weighted by molar-refractivity contribution is -0.120. The Bertz CT molecular complexity index is 2820. The first-order valence-corrected chi connectivity index (χ1v) is 24.2. The lowest BCUT2D eigenvalue weighted by atomic mass is 10.0. The Balaban J connectivity index is 0.000000167. The standard InChI is InChI=1S/C23H29N7O4S.C22H27N7O2/c1-15(16-10-21(31)25-12-16)34-23-22-20(26-14-28(22)2)11-19(27-23)18-5-4-17(13-24-18)29-6-8-30(9-7-29)35(3,32)33;1-14(15-9-20(30)25-11-15)31-22-21-19(26-13-28(21)2)10-18(27-22)17-4-3-16(12-24-17)29-7-5-23-6-8-29/h4-5,11,13-16H,6-10,12H2,1-3H3,(H,25,31);3-4,10,12-15,23H,5-9,11H2,1-2H3,(H,25,30)/t15-,16-;14-,15-/m11/s1. The third-order valence-corrected chi connectivity index (χ3v) is 14.1. The van der Waals surface area contributed by atoms with Gasteiger partial charge < -0.3 is 44.4 Å². The maximum Gasteiger partial charge on any atom is 0.241 e. The maximum atomic E-state index is 11.8. The average Bonchev–Trinajstić information content (AvgIpc) is 4.14. The molecule has 6 aromatic rings. The van der Waals surface area contributed by atoms with Gasteiger partial charge in [0.25, 0.3) is 0 Å². The third kappa shape index (κ3) is 9.73. The van der Waals surface area contributed by atoms with Crippen LogP contribution in [-0.2, 0) is 33.7 Å². The number of nitrogens with zero attached hydrogens (tertiary/aromatic N) is 11. The summed E-state index contributed by atoms with van der Waals surface area (Å²) in [6.07, 6.45) is 8.99. The second-order valence-electron chi connectivity index (χ2n) is 17.4. The third-order valence-electron chi connectivity index (χ3n) is 12.8. The Morgan fingerprint density at radius 3 is 1.48 bits per heavy atom. The van der Waals surface area contributed by atoms with Gasteiger partial charge in [0.1, 0.15) is 23.2 Å². The summed E-state index contributed by atoms with van der Waals surface area (Å²) in [5.41, 5.74) is 8.08. The number of nitrogens with one attached hydrogen (secondary N) is 3. The molecule has 10 rings (SSSR count). The summed E-state index contributed by atoms with van der Waals surface area (Å²) in [6.45, 7) is 11.2. The SMILES string of the molecule is C[C@@H](Oc1nc(-c2ccc(N3CCN(S(C)(=O)=O)CC3)cn2)cc2ncn(C)c12)[C@H]1CNC(=O)C1.C[C@@H](Oc1nc(-c2ccc(N3CCNCC3)cn2)cc2ncn(C)c12)[C@H]1CNC(=O)C1. The van der Waals surface area contributed by atoms with E-state index in [2.05, 4.69) is 51.8 Å². The number of hydrogen-bond acceptors (Lipinski definition) is 15. The van der Waals surface area contributed by atoms with Crippen LogP contribution >= 0.6 is 0 Å². The molecule has 0 aromatic carbocycles. The predicted molar refractivity (Wildman–Crippen MR) is 250 cm³/mol. The van der Waals surface area contributed by atoms with Crippen molar-refractivity contribution in [3.05, 3.63) is 61.4 Å². The number of aryl methyl sites for hydroxylation is 2. The van der Waals surface area contributed by atoms with Gasteiger partial charge in [0.05, 0.1) is 76.5 Å². The first-order chi connectivity index (χ1) is 31.8. The molecule has 0 spiro atoms. The van der Waals surface area contributed by atoms with Crippen molar-refractivity contribution in [3.8, 4) is 34.5 Å². The first-order valence-electron chi connectivity index (χ1n) is 22.4. The van der Waals surface area contributed by atoms with Gasteiger partial charge in [-0.15, -0.1) is 0 Å². The smallest absolute Gasteiger partial charge is 0.241 e. The van der Waals surface area contributed by atoms with Crippen molar-refractivity contribution >= 4 is 55.3 Å². The number of imidazole rings is 2. The summed E-state index contributed by atoms with van der Waals surface area (Å²) >= 11 is 0. The Morgan fingerprint density at radius 1 is 0.636 bits per heavy atom. The number of hydrogen-bond donors (Lipinski definition) is 3. The lowest BCUT2D eigenvalue weighted by Crippen LogP contribution is -2.48. The summed E-state index contributed by atoms with van der Waals surface area (Å²) in [5, 5.41) is 9.10. The molecular weight excluding hydrogens is 865 g/mol. The van der Waals surface area contributed by atoms with E-state index in [0.717, 1.165) is 71.0 Å². The number of pyridine rings is 4. The summed E-state index contributed by atoms with van der Waals surface area (Å²) in [4.78, 5) is 55.6. The van der Waals surface area contributed by atoms with Gasteiger partial charge >= 0.3 is 0 Å². The summed E-state index contributed by atoms with van der Waals surface area (Å²) in [7, 11) is 0.652. The minimum Gasteiger partial charge on any atom is -0.473 e. The largest absolute Gasteiger partial charge is 0.473 e. The quantitative estimate of drug-likeness (QED) is 0.170. The molecule has 0 unspecified atom stereocenters. The van der Waals surface area contributed by atoms with Crippen molar-refractivity contribution < 1.29 is 27.5 Å². The van der Waals surface area contributed by atoms with Gasteiger partial charge in [0, 0.05) is 104 Å². The molecule has 2 amide bonds. The van der Waals surface area contributed by atoms with Gasteiger partial charge in [0.2, 0.25) is 33.6 Å². The van der Waals surface area contributed by atoms with Crippen LogP contribution in [0.4, 0.5) is 11.4 Å². The minimum atomic E-state index is -3.17. The van der Waals surface area contributed by atoms with Gasteiger partial charge in [-0.2, -0.15) is 4.31 Å². The van der Waals surface area contributed by atoms with Crippen LogP contribution in [0, 0.1) is 11.8 Å². The molecule has 4 saturated heterocycles. The highest BCUT2D eigenvalue weighted by molar-refractivity contribution is 7.88. The van der Waals surface area contributed by atoms with Crippen LogP contribution in [-0.4, -0.2) is 147 Å². The zero-order valence-electron chi connectivity index (χ0n) is 37.8. The molecule has 4 aliphatic rings. The molecule has 348 valence electrons.